The second-order valence-electron chi connectivity index (χ2n) is 7.45. The Labute approximate surface area is 173 Å². The van der Waals surface area contributed by atoms with Gasteiger partial charge in [0.05, 0.1) is 26.2 Å². The van der Waals surface area contributed by atoms with Crippen LogP contribution < -0.4 is 14.2 Å². The molecule has 0 heterocycles. The van der Waals surface area contributed by atoms with Gasteiger partial charge in [-0.05, 0) is 61.9 Å². The highest BCUT2D eigenvalue weighted by atomic mass is 32.2. The largest absolute Gasteiger partial charge is 0.497 e. The first-order valence-corrected chi connectivity index (χ1v) is 11.1. The zero-order valence-electron chi connectivity index (χ0n) is 17.6. The Kier molecular flexibility index (Phi) is 6.39. The van der Waals surface area contributed by atoms with E-state index in [2.05, 4.69) is 0 Å². The average Bonchev–Trinajstić information content (AvgIpc) is 3.56. The van der Waals surface area contributed by atoms with Gasteiger partial charge in [0.25, 0.3) is 0 Å². The number of aryl methyl sites for hydroxylation is 1. The van der Waals surface area contributed by atoms with E-state index in [4.69, 9.17) is 14.2 Å². The number of hydrogen-bond donors (Lipinski definition) is 0. The smallest absolute Gasteiger partial charge is 0.244 e. The third-order valence-corrected chi connectivity index (χ3v) is 7.60. The first-order valence-electron chi connectivity index (χ1n) is 9.69. The van der Waals surface area contributed by atoms with E-state index in [1.807, 2.05) is 31.2 Å². The fraction of sp³-hybridized carbons (Fsp3) is 0.455. The summed E-state index contributed by atoms with van der Waals surface area (Å²) in [5.41, 5.74) is 1.55. The van der Waals surface area contributed by atoms with Gasteiger partial charge in [-0.3, -0.25) is 0 Å². The number of nitrogens with zero attached hydrogens (tertiary/aromatic N) is 1. The Balaban J connectivity index is 2.01. The van der Waals surface area contributed by atoms with Gasteiger partial charge in [-0.2, -0.15) is 4.31 Å². The van der Waals surface area contributed by atoms with Gasteiger partial charge >= 0.3 is 0 Å². The molecule has 0 aromatic heterocycles. The molecule has 0 N–H and O–H groups in total. The van der Waals surface area contributed by atoms with Crippen molar-refractivity contribution < 1.29 is 22.6 Å². The number of rotatable bonds is 9. The molecule has 3 rings (SSSR count). The predicted molar refractivity (Wildman–Crippen MR) is 112 cm³/mol. The number of methoxy groups -OCH3 is 3. The van der Waals surface area contributed by atoms with Crippen LogP contribution in [0.2, 0.25) is 0 Å². The Morgan fingerprint density at radius 3 is 2.10 bits per heavy atom. The fourth-order valence-electron chi connectivity index (χ4n) is 3.54. The summed E-state index contributed by atoms with van der Waals surface area (Å²) in [6, 6.07) is 10.7. The van der Waals surface area contributed by atoms with Crippen LogP contribution in [0.25, 0.3) is 0 Å². The molecule has 1 unspecified atom stereocenters. The van der Waals surface area contributed by atoms with E-state index in [0.717, 1.165) is 24.2 Å². The Hall–Kier alpha value is -2.25. The molecule has 0 saturated heterocycles. The highest BCUT2D eigenvalue weighted by Crippen LogP contribution is 2.40. The first kappa shape index (κ1) is 21.5. The molecule has 1 saturated carbocycles. The SMILES string of the molecule is COc1ccc(CN(C(C)C2CC2)S(=O)(=O)c2cc(OC)c(OC)cc2C)cc1. The van der Waals surface area contributed by atoms with Gasteiger partial charge in [0.2, 0.25) is 10.0 Å². The van der Waals surface area contributed by atoms with Crippen molar-refractivity contribution in [2.75, 3.05) is 21.3 Å². The lowest BCUT2D eigenvalue weighted by molar-refractivity contribution is 0.302. The molecule has 2 aromatic carbocycles. The molecular formula is C22H29NO5S. The van der Waals surface area contributed by atoms with E-state index in [1.165, 1.54) is 14.2 Å². The molecule has 1 atom stereocenters. The molecule has 0 bridgehead atoms. The van der Waals surface area contributed by atoms with Gasteiger partial charge in [-0.25, -0.2) is 8.42 Å². The van der Waals surface area contributed by atoms with Crippen LogP contribution in [0.5, 0.6) is 17.2 Å². The van der Waals surface area contributed by atoms with Crippen molar-refractivity contribution in [2.45, 2.75) is 44.2 Å². The number of ether oxygens (including phenoxy) is 3. The van der Waals surface area contributed by atoms with E-state index in [-0.39, 0.29) is 10.9 Å². The molecule has 6 nitrogen and oxygen atoms in total. The van der Waals surface area contributed by atoms with Crippen LogP contribution in [0, 0.1) is 12.8 Å². The molecule has 0 aliphatic heterocycles. The number of hydrogen-bond acceptors (Lipinski definition) is 5. The van der Waals surface area contributed by atoms with Gasteiger partial charge in [0.15, 0.2) is 11.5 Å². The molecule has 2 aromatic rings. The number of benzene rings is 2. The van der Waals surface area contributed by atoms with Gasteiger partial charge in [0.1, 0.15) is 5.75 Å². The molecule has 1 fully saturated rings. The van der Waals surface area contributed by atoms with Crippen molar-refractivity contribution >= 4 is 10.0 Å². The molecule has 0 amide bonds. The summed E-state index contributed by atoms with van der Waals surface area (Å²) in [4.78, 5) is 0.246. The van der Waals surface area contributed by atoms with Gasteiger partial charge in [-0.15, -0.1) is 0 Å². The van der Waals surface area contributed by atoms with Crippen LogP contribution >= 0.6 is 0 Å². The van der Waals surface area contributed by atoms with E-state index < -0.39 is 10.0 Å². The highest BCUT2D eigenvalue weighted by Gasteiger charge is 2.39. The summed E-state index contributed by atoms with van der Waals surface area (Å²) in [6.45, 7) is 4.08. The van der Waals surface area contributed by atoms with Crippen LogP contribution in [0.3, 0.4) is 0 Å². The number of sulfonamides is 1. The second kappa shape index (κ2) is 8.63. The van der Waals surface area contributed by atoms with Gasteiger partial charge in [0, 0.05) is 18.7 Å². The Morgan fingerprint density at radius 2 is 1.59 bits per heavy atom. The molecule has 7 heteroatoms. The first-order chi connectivity index (χ1) is 13.8. The topological polar surface area (TPSA) is 65.1 Å². The van der Waals surface area contributed by atoms with Crippen LogP contribution in [-0.2, 0) is 16.6 Å². The van der Waals surface area contributed by atoms with Crippen LogP contribution in [0.4, 0.5) is 0 Å². The standard InChI is InChI=1S/C22H29NO5S/c1-15-12-20(27-4)21(28-5)13-22(15)29(24,25)23(16(2)18-8-9-18)14-17-6-10-19(26-3)11-7-17/h6-7,10-13,16,18H,8-9,14H2,1-5H3. The monoisotopic (exact) mass is 419 g/mol. The van der Waals surface area contributed by atoms with Gasteiger partial charge < -0.3 is 14.2 Å². The Morgan fingerprint density at radius 1 is 1.00 bits per heavy atom. The molecule has 29 heavy (non-hydrogen) atoms. The molecule has 0 radical (unpaired) electrons. The van der Waals surface area contributed by atoms with Crippen molar-refractivity contribution in [3.63, 3.8) is 0 Å². The molecule has 0 spiro atoms. The van der Waals surface area contributed by atoms with Gasteiger partial charge in [-0.1, -0.05) is 12.1 Å². The zero-order chi connectivity index (χ0) is 21.2. The minimum absolute atomic E-state index is 0.0883. The van der Waals surface area contributed by atoms with E-state index in [0.29, 0.717) is 29.5 Å². The maximum Gasteiger partial charge on any atom is 0.244 e. The second-order valence-corrected chi connectivity index (χ2v) is 9.31. The highest BCUT2D eigenvalue weighted by molar-refractivity contribution is 7.89. The van der Waals surface area contributed by atoms with Crippen molar-refractivity contribution in [3.8, 4) is 17.2 Å². The van der Waals surface area contributed by atoms with E-state index in [1.54, 1.807) is 30.5 Å². The summed E-state index contributed by atoms with van der Waals surface area (Å²) in [5, 5.41) is 0. The minimum Gasteiger partial charge on any atom is -0.497 e. The third kappa shape index (κ3) is 4.51. The minimum atomic E-state index is -3.74. The summed E-state index contributed by atoms with van der Waals surface area (Å²) in [6.07, 6.45) is 2.11. The predicted octanol–water partition coefficient (Wildman–Crippen LogP) is 4.01. The summed E-state index contributed by atoms with van der Waals surface area (Å²) in [7, 11) is 0.915. The van der Waals surface area contributed by atoms with Crippen molar-refractivity contribution in [2.24, 2.45) is 5.92 Å². The Bertz CT molecular complexity index is 952. The maximum atomic E-state index is 13.7. The maximum absolute atomic E-state index is 13.7. The molecule has 1 aliphatic rings. The van der Waals surface area contributed by atoms with Crippen LogP contribution in [0.15, 0.2) is 41.3 Å². The lowest BCUT2D eigenvalue weighted by Gasteiger charge is -2.29. The molecule has 158 valence electrons. The lowest BCUT2D eigenvalue weighted by Crippen LogP contribution is -2.39. The van der Waals surface area contributed by atoms with E-state index in [9.17, 15) is 8.42 Å². The molecule has 1 aliphatic carbocycles. The normalized spacial score (nSPS) is 15.2. The van der Waals surface area contributed by atoms with Crippen molar-refractivity contribution in [1.29, 1.82) is 0 Å². The summed E-state index contributed by atoms with van der Waals surface area (Å²) < 4.78 is 44.9. The zero-order valence-corrected chi connectivity index (χ0v) is 18.5. The van der Waals surface area contributed by atoms with E-state index >= 15 is 0 Å². The fourth-order valence-corrected chi connectivity index (χ4v) is 5.44. The summed E-state index contributed by atoms with van der Waals surface area (Å²) >= 11 is 0. The summed E-state index contributed by atoms with van der Waals surface area (Å²) in [5.74, 6) is 2.05. The van der Waals surface area contributed by atoms with Crippen molar-refractivity contribution in [1.82, 2.24) is 4.31 Å². The average molecular weight is 420 g/mol. The van der Waals surface area contributed by atoms with Crippen LogP contribution in [0.1, 0.15) is 30.9 Å². The van der Waals surface area contributed by atoms with Crippen molar-refractivity contribution in [3.05, 3.63) is 47.5 Å². The quantitative estimate of drug-likeness (QED) is 0.614. The van der Waals surface area contributed by atoms with Crippen LogP contribution in [-0.4, -0.2) is 40.1 Å². The lowest BCUT2D eigenvalue weighted by atomic mass is 10.1. The molecular weight excluding hydrogens is 390 g/mol. The third-order valence-electron chi connectivity index (χ3n) is 5.52.